The summed E-state index contributed by atoms with van der Waals surface area (Å²) in [7, 11) is 0. The lowest BCUT2D eigenvalue weighted by Gasteiger charge is -2.03. The number of hydrogen-bond donors (Lipinski definition) is 0. The van der Waals surface area contributed by atoms with Crippen LogP contribution in [0.1, 0.15) is 0 Å². The first-order chi connectivity index (χ1) is 10.8. The molecule has 0 fully saturated rings. The third kappa shape index (κ3) is 1.48. The Morgan fingerprint density at radius 3 is 2.55 bits per heavy atom. The SMILES string of the molecule is Clc1cccc2c1oc1c2ncc2ccc3ccccc3c21. The molecule has 104 valence electrons. The number of furan rings is 1. The topological polar surface area (TPSA) is 26.0 Å². The van der Waals surface area contributed by atoms with Crippen LogP contribution in [0.2, 0.25) is 5.02 Å². The van der Waals surface area contributed by atoms with Gasteiger partial charge in [-0.25, -0.2) is 0 Å². The maximum absolute atomic E-state index is 6.28. The molecule has 0 unspecified atom stereocenters. The Labute approximate surface area is 130 Å². The van der Waals surface area contributed by atoms with Crippen molar-refractivity contribution in [3.05, 3.63) is 65.8 Å². The molecule has 2 heterocycles. The van der Waals surface area contributed by atoms with Gasteiger partial charge in [-0.3, -0.25) is 4.98 Å². The second-order valence-corrected chi connectivity index (χ2v) is 5.81. The minimum Gasteiger partial charge on any atom is -0.452 e. The molecule has 0 aliphatic carbocycles. The van der Waals surface area contributed by atoms with Gasteiger partial charge in [0.25, 0.3) is 0 Å². The van der Waals surface area contributed by atoms with Gasteiger partial charge in [0, 0.05) is 22.4 Å². The molecular weight excluding hydrogens is 294 g/mol. The van der Waals surface area contributed by atoms with Crippen LogP contribution < -0.4 is 0 Å². The minimum absolute atomic E-state index is 0.615. The number of pyridine rings is 1. The molecule has 22 heavy (non-hydrogen) atoms. The molecule has 5 aromatic rings. The summed E-state index contributed by atoms with van der Waals surface area (Å²) in [6, 6.07) is 18.3. The average Bonchev–Trinajstić information content (AvgIpc) is 2.95. The Morgan fingerprint density at radius 1 is 0.773 bits per heavy atom. The van der Waals surface area contributed by atoms with Gasteiger partial charge >= 0.3 is 0 Å². The van der Waals surface area contributed by atoms with Crippen LogP contribution in [0, 0.1) is 0 Å². The van der Waals surface area contributed by atoms with Gasteiger partial charge in [-0.15, -0.1) is 0 Å². The molecule has 0 amide bonds. The zero-order valence-electron chi connectivity index (χ0n) is 11.5. The van der Waals surface area contributed by atoms with Gasteiger partial charge in [0.15, 0.2) is 11.2 Å². The Bertz CT molecular complexity index is 1190. The Balaban J connectivity index is 2.13. The van der Waals surface area contributed by atoms with E-state index < -0.39 is 0 Å². The number of hydrogen-bond acceptors (Lipinski definition) is 2. The molecular formula is C19H10ClNO. The van der Waals surface area contributed by atoms with Crippen molar-refractivity contribution in [3.63, 3.8) is 0 Å². The zero-order chi connectivity index (χ0) is 14.7. The first-order valence-electron chi connectivity index (χ1n) is 7.10. The summed E-state index contributed by atoms with van der Waals surface area (Å²) in [5, 5.41) is 6.09. The lowest BCUT2D eigenvalue weighted by molar-refractivity contribution is 0.672. The van der Waals surface area contributed by atoms with E-state index in [-0.39, 0.29) is 0 Å². The zero-order valence-corrected chi connectivity index (χ0v) is 12.3. The second kappa shape index (κ2) is 4.21. The van der Waals surface area contributed by atoms with Crippen molar-refractivity contribution in [2.24, 2.45) is 0 Å². The summed E-state index contributed by atoms with van der Waals surface area (Å²) in [5.74, 6) is 0. The van der Waals surface area contributed by atoms with E-state index in [1.807, 2.05) is 36.5 Å². The molecule has 0 N–H and O–H groups in total. The molecule has 0 bridgehead atoms. The predicted molar refractivity (Wildman–Crippen MR) is 91.5 cm³/mol. The van der Waals surface area contributed by atoms with Gasteiger partial charge in [0.2, 0.25) is 0 Å². The summed E-state index contributed by atoms with van der Waals surface area (Å²) >= 11 is 6.28. The number of para-hydroxylation sites is 1. The van der Waals surface area contributed by atoms with Gasteiger partial charge in [-0.05, 0) is 22.9 Å². The minimum atomic E-state index is 0.615. The quantitative estimate of drug-likeness (QED) is 0.331. The van der Waals surface area contributed by atoms with Crippen molar-refractivity contribution >= 4 is 55.2 Å². The highest BCUT2D eigenvalue weighted by atomic mass is 35.5. The number of benzene rings is 3. The first-order valence-corrected chi connectivity index (χ1v) is 7.48. The summed E-state index contributed by atoms with van der Waals surface area (Å²) in [6.45, 7) is 0. The van der Waals surface area contributed by atoms with Crippen molar-refractivity contribution in [3.8, 4) is 0 Å². The maximum Gasteiger partial charge on any atom is 0.162 e. The van der Waals surface area contributed by atoms with Crippen LogP contribution in [0.4, 0.5) is 0 Å². The third-order valence-electron chi connectivity index (χ3n) is 4.16. The van der Waals surface area contributed by atoms with Crippen molar-refractivity contribution in [2.75, 3.05) is 0 Å². The molecule has 2 aromatic heterocycles. The summed E-state index contributed by atoms with van der Waals surface area (Å²) < 4.78 is 6.11. The number of halogens is 1. The van der Waals surface area contributed by atoms with E-state index in [2.05, 4.69) is 29.2 Å². The van der Waals surface area contributed by atoms with Crippen LogP contribution in [-0.2, 0) is 0 Å². The van der Waals surface area contributed by atoms with E-state index in [4.69, 9.17) is 16.0 Å². The van der Waals surface area contributed by atoms with Crippen molar-refractivity contribution in [1.82, 2.24) is 4.98 Å². The predicted octanol–water partition coefficient (Wildman–Crippen LogP) is 5.94. The van der Waals surface area contributed by atoms with E-state index in [9.17, 15) is 0 Å². The molecule has 3 heteroatoms. The monoisotopic (exact) mass is 303 g/mol. The van der Waals surface area contributed by atoms with Crippen LogP contribution >= 0.6 is 11.6 Å². The van der Waals surface area contributed by atoms with E-state index in [1.54, 1.807) is 0 Å². The van der Waals surface area contributed by atoms with Crippen LogP contribution in [0.5, 0.6) is 0 Å². The molecule has 0 saturated heterocycles. The van der Waals surface area contributed by atoms with E-state index in [0.29, 0.717) is 10.6 Å². The van der Waals surface area contributed by atoms with Gasteiger partial charge in [0.1, 0.15) is 5.52 Å². The van der Waals surface area contributed by atoms with Crippen molar-refractivity contribution < 1.29 is 4.42 Å². The fraction of sp³-hybridized carbons (Fsp3) is 0. The van der Waals surface area contributed by atoms with Crippen LogP contribution in [-0.4, -0.2) is 4.98 Å². The highest BCUT2D eigenvalue weighted by Crippen LogP contribution is 2.38. The molecule has 0 aliphatic rings. The van der Waals surface area contributed by atoms with Crippen molar-refractivity contribution in [2.45, 2.75) is 0 Å². The van der Waals surface area contributed by atoms with Crippen LogP contribution in [0.25, 0.3) is 43.6 Å². The third-order valence-corrected chi connectivity index (χ3v) is 4.46. The van der Waals surface area contributed by atoms with E-state index in [0.717, 1.165) is 27.3 Å². The highest BCUT2D eigenvalue weighted by molar-refractivity contribution is 6.36. The normalized spacial score (nSPS) is 11.9. The van der Waals surface area contributed by atoms with Gasteiger partial charge in [0.05, 0.1) is 5.02 Å². The highest BCUT2D eigenvalue weighted by Gasteiger charge is 2.15. The summed E-state index contributed by atoms with van der Waals surface area (Å²) in [6.07, 6.45) is 1.90. The van der Waals surface area contributed by atoms with E-state index in [1.165, 1.54) is 10.8 Å². The molecule has 0 radical (unpaired) electrons. The molecule has 0 saturated carbocycles. The average molecular weight is 304 g/mol. The largest absolute Gasteiger partial charge is 0.452 e. The Hall–Kier alpha value is -2.58. The Kier molecular flexibility index (Phi) is 2.30. The van der Waals surface area contributed by atoms with Crippen LogP contribution in [0.15, 0.2) is 65.2 Å². The molecule has 0 aliphatic heterocycles. The standard InChI is InChI=1S/C19H10ClNO/c20-15-7-3-6-14-17-19(22-18(14)15)16-12(10-21-17)9-8-11-4-1-2-5-13(11)16/h1-10H. The molecule has 0 atom stereocenters. The molecule has 5 rings (SSSR count). The summed E-state index contributed by atoms with van der Waals surface area (Å²) in [4.78, 5) is 4.59. The van der Waals surface area contributed by atoms with E-state index >= 15 is 0 Å². The first kappa shape index (κ1) is 12.0. The van der Waals surface area contributed by atoms with Crippen LogP contribution in [0.3, 0.4) is 0 Å². The Morgan fingerprint density at radius 2 is 1.59 bits per heavy atom. The number of nitrogens with zero attached hydrogens (tertiary/aromatic N) is 1. The molecule has 2 nitrogen and oxygen atoms in total. The van der Waals surface area contributed by atoms with Gasteiger partial charge in [-0.1, -0.05) is 54.1 Å². The number of fused-ring (bicyclic) bond motifs is 7. The summed E-state index contributed by atoms with van der Waals surface area (Å²) in [5.41, 5.74) is 2.37. The van der Waals surface area contributed by atoms with Gasteiger partial charge in [-0.2, -0.15) is 0 Å². The number of rotatable bonds is 0. The van der Waals surface area contributed by atoms with Gasteiger partial charge < -0.3 is 4.42 Å². The smallest absolute Gasteiger partial charge is 0.162 e. The lowest BCUT2D eigenvalue weighted by Crippen LogP contribution is -1.81. The number of aromatic nitrogens is 1. The lowest BCUT2D eigenvalue weighted by atomic mass is 10.0. The molecule has 0 spiro atoms. The van der Waals surface area contributed by atoms with Crippen molar-refractivity contribution in [1.29, 1.82) is 0 Å². The maximum atomic E-state index is 6.28. The molecule has 3 aromatic carbocycles. The fourth-order valence-corrected chi connectivity index (χ4v) is 3.37. The second-order valence-electron chi connectivity index (χ2n) is 5.41. The fourth-order valence-electron chi connectivity index (χ4n) is 3.15.